The zero-order valence-electron chi connectivity index (χ0n) is 12.2. The van der Waals surface area contributed by atoms with Crippen LogP contribution in [0.3, 0.4) is 0 Å². The lowest BCUT2D eigenvalue weighted by Crippen LogP contribution is -2.22. The molecular weight excluding hydrogens is 290 g/mol. The van der Waals surface area contributed by atoms with Crippen LogP contribution in [-0.4, -0.2) is 20.9 Å². The molecule has 112 valence electrons. The summed E-state index contributed by atoms with van der Waals surface area (Å²) in [5, 5.41) is 11.7. The molecule has 0 aliphatic rings. The van der Waals surface area contributed by atoms with Gasteiger partial charge in [-0.1, -0.05) is 16.8 Å². The Morgan fingerprint density at radius 1 is 1.43 bits per heavy atom. The van der Waals surface area contributed by atoms with E-state index in [4.69, 9.17) is 17.3 Å². The number of aromatic nitrogens is 3. The molecule has 0 spiro atoms. The van der Waals surface area contributed by atoms with E-state index in [1.54, 1.807) is 18.2 Å². The molecule has 6 nitrogen and oxygen atoms in total. The molecule has 7 heteroatoms. The number of hydrogen-bond donors (Lipinski definition) is 2. The normalized spacial score (nSPS) is 11.4. The highest BCUT2D eigenvalue weighted by atomic mass is 35.5. The number of benzene rings is 1. The SMILES string of the molecule is CC(C)(C)n1cc(CNc2ccc(C(N)=O)c(Cl)c2)nn1. The number of carbonyl (C=O) groups is 1. The number of nitrogens with two attached hydrogens (primary N) is 1. The van der Waals surface area contributed by atoms with Gasteiger partial charge in [0.1, 0.15) is 5.69 Å². The predicted molar refractivity (Wildman–Crippen MR) is 82.3 cm³/mol. The number of rotatable bonds is 4. The third-order valence-electron chi connectivity index (χ3n) is 2.94. The third kappa shape index (κ3) is 3.72. The molecular formula is C14H18ClN5O. The van der Waals surface area contributed by atoms with E-state index in [9.17, 15) is 4.79 Å². The van der Waals surface area contributed by atoms with Gasteiger partial charge in [0.15, 0.2) is 0 Å². The maximum absolute atomic E-state index is 11.1. The van der Waals surface area contributed by atoms with Crippen LogP contribution in [0.4, 0.5) is 5.69 Å². The molecule has 2 rings (SSSR count). The predicted octanol–water partition coefficient (Wildman–Crippen LogP) is 2.40. The molecule has 1 heterocycles. The van der Waals surface area contributed by atoms with E-state index in [1.165, 1.54) is 0 Å². The minimum absolute atomic E-state index is 0.0995. The Hall–Kier alpha value is -2.08. The third-order valence-corrected chi connectivity index (χ3v) is 3.25. The summed E-state index contributed by atoms with van der Waals surface area (Å²) in [5.41, 5.74) is 7.02. The summed E-state index contributed by atoms with van der Waals surface area (Å²) in [5.74, 6) is -0.542. The second-order valence-corrected chi connectivity index (χ2v) is 6.14. The van der Waals surface area contributed by atoms with Crippen molar-refractivity contribution >= 4 is 23.2 Å². The standard InChI is InChI=1S/C14H18ClN5O/c1-14(2,3)20-8-10(18-19-20)7-17-9-4-5-11(13(16)21)12(15)6-9/h4-6,8,17H,7H2,1-3H3,(H2,16,21). The van der Waals surface area contributed by atoms with E-state index in [0.29, 0.717) is 17.1 Å². The van der Waals surface area contributed by atoms with E-state index in [1.807, 2.05) is 10.9 Å². The van der Waals surface area contributed by atoms with Crippen LogP contribution in [0.1, 0.15) is 36.8 Å². The van der Waals surface area contributed by atoms with Crippen LogP contribution in [0.2, 0.25) is 5.02 Å². The Bertz CT molecular complexity index is 660. The molecule has 0 atom stereocenters. The highest BCUT2D eigenvalue weighted by Crippen LogP contribution is 2.21. The highest BCUT2D eigenvalue weighted by Gasteiger charge is 2.15. The Morgan fingerprint density at radius 2 is 2.14 bits per heavy atom. The number of anilines is 1. The molecule has 0 saturated carbocycles. The zero-order chi connectivity index (χ0) is 15.6. The van der Waals surface area contributed by atoms with Gasteiger partial charge in [-0.15, -0.1) is 5.10 Å². The fourth-order valence-corrected chi connectivity index (χ4v) is 2.00. The van der Waals surface area contributed by atoms with Crippen LogP contribution in [0.15, 0.2) is 24.4 Å². The van der Waals surface area contributed by atoms with E-state index >= 15 is 0 Å². The smallest absolute Gasteiger partial charge is 0.250 e. The lowest BCUT2D eigenvalue weighted by molar-refractivity contribution is 0.100. The summed E-state index contributed by atoms with van der Waals surface area (Å²) in [6, 6.07) is 5.01. The summed E-state index contributed by atoms with van der Waals surface area (Å²) < 4.78 is 1.81. The van der Waals surface area contributed by atoms with E-state index in [0.717, 1.165) is 11.4 Å². The molecule has 3 N–H and O–H groups in total. The lowest BCUT2D eigenvalue weighted by atomic mass is 10.1. The van der Waals surface area contributed by atoms with Crippen molar-refractivity contribution in [3.8, 4) is 0 Å². The van der Waals surface area contributed by atoms with Gasteiger partial charge < -0.3 is 11.1 Å². The van der Waals surface area contributed by atoms with Crippen molar-refractivity contribution < 1.29 is 4.79 Å². The van der Waals surface area contributed by atoms with Crippen LogP contribution in [0.5, 0.6) is 0 Å². The zero-order valence-corrected chi connectivity index (χ0v) is 13.0. The van der Waals surface area contributed by atoms with Gasteiger partial charge in [-0.2, -0.15) is 0 Å². The maximum atomic E-state index is 11.1. The van der Waals surface area contributed by atoms with Gasteiger partial charge in [-0.3, -0.25) is 4.79 Å². The molecule has 0 saturated heterocycles. The molecule has 0 aliphatic heterocycles. The van der Waals surface area contributed by atoms with Crippen LogP contribution in [0, 0.1) is 0 Å². The van der Waals surface area contributed by atoms with Gasteiger partial charge in [0, 0.05) is 5.69 Å². The summed E-state index contributed by atoms with van der Waals surface area (Å²) in [6.07, 6.45) is 1.90. The average Bonchev–Trinajstić information content (AvgIpc) is 2.84. The fourth-order valence-electron chi connectivity index (χ4n) is 1.72. The summed E-state index contributed by atoms with van der Waals surface area (Å²) in [7, 11) is 0. The molecule has 2 aromatic rings. The largest absolute Gasteiger partial charge is 0.379 e. The minimum Gasteiger partial charge on any atom is -0.379 e. The van der Waals surface area contributed by atoms with Gasteiger partial charge in [-0.25, -0.2) is 4.68 Å². The molecule has 0 fully saturated rings. The van der Waals surface area contributed by atoms with Gasteiger partial charge in [0.25, 0.3) is 0 Å². The second kappa shape index (κ2) is 5.73. The van der Waals surface area contributed by atoms with Crippen molar-refractivity contribution in [3.63, 3.8) is 0 Å². The fraction of sp³-hybridized carbons (Fsp3) is 0.357. The molecule has 1 amide bonds. The van der Waals surface area contributed by atoms with Crippen LogP contribution in [-0.2, 0) is 12.1 Å². The minimum atomic E-state index is -0.542. The van der Waals surface area contributed by atoms with E-state index in [-0.39, 0.29) is 5.54 Å². The number of nitrogens with one attached hydrogen (secondary N) is 1. The Labute approximate surface area is 128 Å². The molecule has 1 aromatic heterocycles. The molecule has 0 radical (unpaired) electrons. The second-order valence-electron chi connectivity index (χ2n) is 5.74. The summed E-state index contributed by atoms with van der Waals surface area (Å²) in [4.78, 5) is 11.1. The van der Waals surface area contributed by atoms with Crippen molar-refractivity contribution in [2.24, 2.45) is 5.73 Å². The van der Waals surface area contributed by atoms with Crippen LogP contribution < -0.4 is 11.1 Å². The molecule has 0 aliphatic carbocycles. The van der Waals surface area contributed by atoms with E-state index in [2.05, 4.69) is 36.4 Å². The van der Waals surface area contributed by atoms with Crippen molar-refractivity contribution in [3.05, 3.63) is 40.7 Å². The van der Waals surface area contributed by atoms with Crippen molar-refractivity contribution in [1.82, 2.24) is 15.0 Å². The van der Waals surface area contributed by atoms with Gasteiger partial charge in [0.2, 0.25) is 5.91 Å². The Kier molecular flexibility index (Phi) is 4.18. The number of primary amides is 1. The first-order valence-electron chi connectivity index (χ1n) is 6.52. The van der Waals surface area contributed by atoms with Crippen molar-refractivity contribution in [2.75, 3.05) is 5.32 Å². The van der Waals surface area contributed by atoms with Crippen molar-refractivity contribution in [2.45, 2.75) is 32.9 Å². The van der Waals surface area contributed by atoms with Gasteiger partial charge in [0.05, 0.1) is 28.9 Å². The summed E-state index contributed by atoms with van der Waals surface area (Å²) in [6.45, 7) is 6.69. The maximum Gasteiger partial charge on any atom is 0.250 e. The first-order chi connectivity index (χ1) is 9.77. The first-order valence-corrected chi connectivity index (χ1v) is 6.90. The van der Waals surface area contributed by atoms with E-state index < -0.39 is 5.91 Å². The van der Waals surface area contributed by atoms with Gasteiger partial charge in [-0.05, 0) is 39.0 Å². The van der Waals surface area contributed by atoms with Crippen LogP contribution >= 0.6 is 11.6 Å². The average molecular weight is 308 g/mol. The van der Waals surface area contributed by atoms with Crippen LogP contribution in [0.25, 0.3) is 0 Å². The number of nitrogens with zero attached hydrogens (tertiary/aromatic N) is 3. The first kappa shape index (κ1) is 15.3. The van der Waals surface area contributed by atoms with Gasteiger partial charge >= 0.3 is 0 Å². The number of carbonyl (C=O) groups excluding carboxylic acids is 1. The molecule has 0 unspecified atom stereocenters. The highest BCUT2D eigenvalue weighted by molar-refractivity contribution is 6.34. The Morgan fingerprint density at radius 3 is 2.67 bits per heavy atom. The Balaban J connectivity index is 2.05. The number of amides is 1. The molecule has 21 heavy (non-hydrogen) atoms. The molecule has 1 aromatic carbocycles. The summed E-state index contributed by atoms with van der Waals surface area (Å²) >= 11 is 6.00. The monoisotopic (exact) mass is 307 g/mol. The lowest BCUT2D eigenvalue weighted by Gasteiger charge is -2.17. The molecule has 0 bridgehead atoms. The number of halogens is 1. The topological polar surface area (TPSA) is 85.8 Å². The quantitative estimate of drug-likeness (QED) is 0.908. The van der Waals surface area contributed by atoms with Crippen molar-refractivity contribution in [1.29, 1.82) is 0 Å². The number of hydrogen-bond acceptors (Lipinski definition) is 4.